The van der Waals surface area contributed by atoms with Crippen LogP contribution in [0.3, 0.4) is 0 Å². The number of rotatable bonds is 11. The fraction of sp³-hybridized carbons (Fsp3) is 0.409. The number of hydrogen-bond acceptors (Lipinski definition) is 14. The molecule has 20 heteroatoms. The number of phosphoric ester groups is 1. The summed E-state index contributed by atoms with van der Waals surface area (Å²) in [5.74, 6) is -1.68. The second-order valence-corrected chi connectivity index (χ2v) is 12.4. The lowest BCUT2D eigenvalue weighted by atomic mass is 10.1. The van der Waals surface area contributed by atoms with Gasteiger partial charge in [0.15, 0.2) is 37.1 Å². The number of carbonyl (C=O) groups excluding carboxylic acids is 1. The number of nitrogens with zero attached hydrogens (tertiary/aromatic N) is 4. The van der Waals surface area contributed by atoms with E-state index in [0.29, 0.717) is 12.1 Å². The molecule has 3 aromatic rings. The molecule has 4 heterocycles. The maximum absolute atomic E-state index is 12.2. The Kier molecular flexibility index (Phi) is 8.71. The molecule has 2 saturated heterocycles. The summed E-state index contributed by atoms with van der Waals surface area (Å²) >= 11 is 0. The summed E-state index contributed by atoms with van der Waals surface area (Å²) in [6, 6.07) is 8.38. The van der Waals surface area contributed by atoms with E-state index in [9.17, 15) is 28.5 Å². The highest BCUT2D eigenvalue weighted by molar-refractivity contribution is 7.63. The van der Waals surface area contributed by atoms with Gasteiger partial charge < -0.3 is 43.5 Å². The van der Waals surface area contributed by atoms with E-state index >= 15 is 0 Å². The maximum Gasteiger partial charge on any atom is 0.320 e. The molecule has 2 amide bonds. The zero-order chi connectivity index (χ0) is 30.1. The van der Waals surface area contributed by atoms with Crippen molar-refractivity contribution in [3.05, 3.63) is 48.5 Å². The van der Waals surface area contributed by atoms with E-state index in [0.717, 1.165) is 0 Å². The summed E-state index contributed by atoms with van der Waals surface area (Å²) < 4.78 is 52.5. The van der Waals surface area contributed by atoms with Crippen molar-refractivity contribution in [2.45, 2.75) is 37.8 Å². The topological polar surface area (TPSA) is 248 Å². The molecule has 3 unspecified atom stereocenters. The van der Waals surface area contributed by atoms with Crippen LogP contribution in [0, 0.1) is 0 Å². The van der Waals surface area contributed by atoms with Gasteiger partial charge in [-0.15, -0.1) is 0 Å². The van der Waals surface area contributed by atoms with Gasteiger partial charge in [-0.1, -0.05) is 30.3 Å². The minimum absolute atomic E-state index is 0.123. The first-order valence-corrected chi connectivity index (χ1v) is 15.6. The molecule has 0 aliphatic carbocycles. The quantitative estimate of drug-likeness (QED) is 0.245. The number of carboxylic acids is 1. The fourth-order valence-electron chi connectivity index (χ4n) is 4.44. The number of imidazole rings is 1. The van der Waals surface area contributed by atoms with Crippen molar-refractivity contribution in [1.82, 2.24) is 24.8 Å². The summed E-state index contributed by atoms with van der Waals surface area (Å²) in [4.78, 5) is 59.4. The lowest BCUT2D eigenvalue weighted by Gasteiger charge is -2.31. The Morgan fingerprint density at radius 3 is 2.55 bits per heavy atom. The second-order valence-electron chi connectivity index (χ2n) is 9.03. The van der Waals surface area contributed by atoms with Gasteiger partial charge in [0.2, 0.25) is 0 Å². The number of fused-ring (bicyclic) bond motifs is 2. The normalized spacial score (nSPS) is 26.3. The predicted octanol–water partition coefficient (Wildman–Crippen LogP) is 0.488. The van der Waals surface area contributed by atoms with Crippen molar-refractivity contribution in [3.63, 3.8) is 0 Å². The van der Waals surface area contributed by atoms with Crippen molar-refractivity contribution < 1.29 is 56.7 Å². The molecule has 2 fully saturated rings. The Bertz CT molecular complexity index is 1560. The van der Waals surface area contributed by atoms with E-state index in [2.05, 4.69) is 29.9 Å². The number of anilines is 1. The van der Waals surface area contributed by atoms with E-state index in [4.69, 9.17) is 23.8 Å². The molecule has 0 bridgehead atoms. The SMILES string of the molecule is CCNC(=O)Nc1ncnc2c1ncn2[C@@H]1O[C@H](COP(=O)([O-])OP(=O)([O-])CC(=O)O)C2O[C@@H](c3ccccc3)O[C@@H]21. The molecule has 2 aliphatic heterocycles. The third-order valence-electron chi connectivity index (χ3n) is 6.07. The van der Waals surface area contributed by atoms with Crippen LogP contribution in [0.15, 0.2) is 43.0 Å². The van der Waals surface area contributed by atoms with Crippen LogP contribution in [0.1, 0.15) is 25.0 Å². The van der Waals surface area contributed by atoms with Gasteiger partial charge in [0.05, 0.1) is 12.9 Å². The van der Waals surface area contributed by atoms with Gasteiger partial charge in [-0.3, -0.25) is 23.6 Å². The predicted molar refractivity (Wildman–Crippen MR) is 136 cm³/mol. The molecule has 7 atom stereocenters. The highest BCUT2D eigenvalue weighted by Crippen LogP contribution is 2.55. The summed E-state index contributed by atoms with van der Waals surface area (Å²) in [5, 5.41) is 13.8. The molecule has 2 aromatic heterocycles. The highest BCUT2D eigenvalue weighted by Gasteiger charge is 2.54. The lowest BCUT2D eigenvalue weighted by Crippen LogP contribution is -2.32. The molecule has 226 valence electrons. The smallest absolute Gasteiger partial charge is 0.320 e. The lowest BCUT2D eigenvalue weighted by molar-refractivity contribution is -0.234. The van der Waals surface area contributed by atoms with E-state index in [1.165, 1.54) is 17.2 Å². The molecule has 18 nitrogen and oxygen atoms in total. The zero-order valence-corrected chi connectivity index (χ0v) is 23.5. The molecular weight excluding hydrogens is 602 g/mol. The van der Waals surface area contributed by atoms with Crippen LogP contribution >= 0.6 is 15.4 Å². The first kappa shape index (κ1) is 30.2. The summed E-state index contributed by atoms with van der Waals surface area (Å²) in [5.41, 5.74) is 1.13. The number of phosphoric acid groups is 1. The molecule has 2 aliphatic rings. The van der Waals surface area contributed by atoms with Crippen molar-refractivity contribution in [2.24, 2.45) is 0 Å². The third-order valence-corrected chi connectivity index (χ3v) is 8.99. The number of carbonyl (C=O) groups is 2. The molecule has 5 rings (SSSR count). The number of ether oxygens (including phenoxy) is 3. The first-order valence-electron chi connectivity index (χ1n) is 12.4. The number of hydrogen-bond donors (Lipinski definition) is 3. The van der Waals surface area contributed by atoms with Gasteiger partial charge in [0, 0.05) is 12.1 Å². The van der Waals surface area contributed by atoms with Gasteiger partial charge in [0.25, 0.3) is 7.82 Å². The Hall–Kier alpha value is -3.31. The van der Waals surface area contributed by atoms with Gasteiger partial charge in [-0.05, 0) is 6.92 Å². The van der Waals surface area contributed by atoms with Crippen molar-refractivity contribution in [2.75, 3.05) is 24.6 Å². The van der Waals surface area contributed by atoms with Crippen LogP contribution in [0.4, 0.5) is 10.6 Å². The Morgan fingerprint density at radius 1 is 1.10 bits per heavy atom. The third kappa shape index (κ3) is 6.67. The van der Waals surface area contributed by atoms with Crippen LogP contribution in [0.25, 0.3) is 11.2 Å². The van der Waals surface area contributed by atoms with Gasteiger partial charge in [-0.25, -0.2) is 19.7 Å². The summed E-state index contributed by atoms with van der Waals surface area (Å²) in [7, 11) is -10.8. The Balaban J connectivity index is 1.40. The number of aromatic nitrogens is 4. The van der Waals surface area contributed by atoms with Gasteiger partial charge in [0.1, 0.15) is 30.8 Å². The van der Waals surface area contributed by atoms with Crippen LogP contribution in [0.5, 0.6) is 0 Å². The van der Waals surface area contributed by atoms with Crippen LogP contribution < -0.4 is 20.4 Å². The van der Waals surface area contributed by atoms with Crippen LogP contribution in [-0.2, 0) is 37.0 Å². The molecule has 0 radical (unpaired) electrons. The largest absolute Gasteiger partial charge is 0.778 e. The van der Waals surface area contributed by atoms with E-state index < -0.39 is 71.0 Å². The summed E-state index contributed by atoms with van der Waals surface area (Å²) in [6.45, 7) is 1.36. The molecule has 1 aromatic carbocycles. The number of benzene rings is 1. The standard InChI is InChI=1S/C22H26N6O12P2/c1-2-23-22(31)27-18-15-19(25-10-24-18)28(11-26-15)20-17-16(38-21(39-17)12-6-4-3-5-7-12)13(37-20)8-36-42(34,35)40-41(32,33)9-14(29)30/h3-7,10-11,13,16-17,20-21H,2,8-9H2,1H3,(H,29,30)(H,32,33)(H,34,35)(H2,23,24,25,27,31)/p-2/t13-,16?,17+,20-,21-/m1/s1. The monoisotopic (exact) mass is 626 g/mol. The Labute approximate surface area is 237 Å². The van der Waals surface area contributed by atoms with Crippen molar-refractivity contribution in [3.8, 4) is 0 Å². The average molecular weight is 626 g/mol. The molecule has 0 saturated carbocycles. The minimum atomic E-state index is -5.53. The Morgan fingerprint density at radius 2 is 1.83 bits per heavy atom. The zero-order valence-electron chi connectivity index (χ0n) is 21.7. The first-order chi connectivity index (χ1) is 20.0. The van der Waals surface area contributed by atoms with Gasteiger partial charge in [-0.2, -0.15) is 0 Å². The summed E-state index contributed by atoms with van der Waals surface area (Å²) in [6.07, 6.45) is -3.78. The number of amides is 2. The van der Waals surface area contributed by atoms with Crippen molar-refractivity contribution in [1.29, 1.82) is 0 Å². The van der Waals surface area contributed by atoms with E-state index in [1.807, 2.05) is 0 Å². The second kappa shape index (κ2) is 12.1. The molecule has 0 spiro atoms. The average Bonchev–Trinajstić information content (AvgIpc) is 3.61. The fourth-order valence-corrected chi connectivity index (χ4v) is 6.74. The number of aliphatic carboxylic acids is 1. The highest BCUT2D eigenvalue weighted by atomic mass is 31.3. The minimum Gasteiger partial charge on any atom is -0.778 e. The van der Waals surface area contributed by atoms with Gasteiger partial charge >= 0.3 is 12.0 Å². The molecular formula is C22H24N6O12P2-2. The van der Waals surface area contributed by atoms with Crippen LogP contribution in [-0.4, -0.2) is 74.3 Å². The number of urea groups is 1. The van der Waals surface area contributed by atoms with Crippen LogP contribution in [0.2, 0.25) is 0 Å². The molecule has 3 N–H and O–H groups in total. The molecule has 42 heavy (non-hydrogen) atoms. The van der Waals surface area contributed by atoms with Crippen molar-refractivity contribution >= 4 is 44.4 Å². The number of nitrogens with one attached hydrogen (secondary N) is 2. The maximum atomic E-state index is 12.2. The number of carboxylic acid groups (broad SMARTS) is 1. The van der Waals surface area contributed by atoms with E-state index in [-0.39, 0.29) is 17.0 Å². The van der Waals surface area contributed by atoms with E-state index in [1.54, 1.807) is 37.3 Å².